The first kappa shape index (κ1) is 22.7. The molecule has 178 valence electrons. The maximum atomic E-state index is 6.58. The lowest BCUT2D eigenvalue weighted by atomic mass is 10.0. The summed E-state index contributed by atoms with van der Waals surface area (Å²) in [6, 6.07) is 12.9. The molecule has 0 atom stereocenters. The number of rotatable bonds is 6. The molecule has 0 saturated heterocycles. The van der Waals surface area contributed by atoms with Gasteiger partial charge in [-0.15, -0.1) is 0 Å². The Morgan fingerprint density at radius 1 is 1.14 bits per heavy atom. The zero-order valence-electron chi connectivity index (χ0n) is 19.5. The van der Waals surface area contributed by atoms with Gasteiger partial charge in [0.1, 0.15) is 23.6 Å². The number of nitrogen functional groups attached to an aromatic ring is 1. The molecular formula is C26H25ClN6O2. The summed E-state index contributed by atoms with van der Waals surface area (Å²) in [5.74, 6) is 1.80. The number of benzene rings is 2. The van der Waals surface area contributed by atoms with Crippen molar-refractivity contribution >= 4 is 40.0 Å². The number of nitrogens with two attached hydrogens (primary N) is 1. The molecule has 2 aromatic heterocycles. The highest BCUT2D eigenvalue weighted by molar-refractivity contribution is 6.32. The molecule has 0 saturated carbocycles. The lowest BCUT2D eigenvalue weighted by Crippen LogP contribution is -2.05. The molecule has 5 rings (SSSR count). The number of halogens is 1. The number of hydrogen-bond donors (Lipinski definition) is 2. The Kier molecular flexibility index (Phi) is 6.29. The highest BCUT2D eigenvalue weighted by atomic mass is 35.5. The van der Waals surface area contributed by atoms with E-state index in [-0.39, 0.29) is 0 Å². The van der Waals surface area contributed by atoms with Crippen LogP contribution >= 0.6 is 11.6 Å². The molecule has 0 aliphatic carbocycles. The molecule has 3 heterocycles. The third kappa shape index (κ3) is 4.79. The summed E-state index contributed by atoms with van der Waals surface area (Å²) in [4.78, 5) is 9.13. The standard InChI is InChI=1S/C26H25ClN6O2/c1-3-16-9-23(19-12-21(28)25(34-4-2)13-22(19)29-14-16)32-17-5-6-24(20(27)10-17)35-18-7-8-33-26(11-18)30-15-31-33/h5-8,10-15,29H,3-4,9,28H2,1-2H3. The number of pyridine rings is 1. The molecule has 0 unspecified atom stereocenters. The molecule has 0 fully saturated rings. The summed E-state index contributed by atoms with van der Waals surface area (Å²) in [6.45, 7) is 4.60. The van der Waals surface area contributed by atoms with E-state index in [2.05, 4.69) is 22.3 Å². The number of aromatic nitrogens is 3. The topological polar surface area (TPSA) is 99.1 Å². The van der Waals surface area contributed by atoms with Gasteiger partial charge in [0.2, 0.25) is 0 Å². The van der Waals surface area contributed by atoms with E-state index < -0.39 is 0 Å². The molecule has 0 amide bonds. The van der Waals surface area contributed by atoms with Crippen LogP contribution in [0, 0.1) is 0 Å². The lowest BCUT2D eigenvalue weighted by molar-refractivity contribution is 0.342. The Balaban J connectivity index is 1.47. The average Bonchev–Trinajstić information content (AvgIpc) is 3.25. The highest BCUT2D eigenvalue weighted by Gasteiger charge is 2.18. The third-order valence-electron chi connectivity index (χ3n) is 5.70. The van der Waals surface area contributed by atoms with E-state index >= 15 is 0 Å². The molecule has 0 radical (unpaired) electrons. The molecule has 4 aromatic rings. The normalized spacial score (nSPS) is 14.3. The molecule has 1 aliphatic heterocycles. The Morgan fingerprint density at radius 3 is 2.83 bits per heavy atom. The molecule has 0 bridgehead atoms. The molecule has 35 heavy (non-hydrogen) atoms. The minimum Gasteiger partial charge on any atom is -0.492 e. The van der Waals surface area contributed by atoms with Gasteiger partial charge in [0.05, 0.1) is 34.4 Å². The second kappa shape index (κ2) is 9.68. The summed E-state index contributed by atoms with van der Waals surface area (Å²) in [5, 5.41) is 7.94. The number of ether oxygens (including phenoxy) is 2. The van der Waals surface area contributed by atoms with Crippen LogP contribution in [0.5, 0.6) is 17.2 Å². The Labute approximate surface area is 208 Å². The molecule has 9 heteroatoms. The number of fused-ring (bicyclic) bond motifs is 2. The van der Waals surface area contributed by atoms with Gasteiger partial charge in [0.25, 0.3) is 0 Å². The number of allylic oxidation sites excluding steroid dienone is 1. The fraction of sp³-hybridized carbons (Fsp3) is 0.192. The van der Waals surface area contributed by atoms with E-state index in [1.54, 1.807) is 28.9 Å². The van der Waals surface area contributed by atoms with Crippen molar-refractivity contribution in [2.75, 3.05) is 17.7 Å². The van der Waals surface area contributed by atoms with Crippen LogP contribution in [0.1, 0.15) is 32.3 Å². The van der Waals surface area contributed by atoms with Crippen molar-refractivity contribution in [3.63, 3.8) is 0 Å². The van der Waals surface area contributed by atoms with E-state index in [0.717, 1.165) is 29.1 Å². The number of anilines is 2. The van der Waals surface area contributed by atoms with Crippen molar-refractivity contribution in [3.05, 3.63) is 77.3 Å². The summed E-state index contributed by atoms with van der Waals surface area (Å²) in [7, 11) is 0. The van der Waals surface area contributed by atoms with Gasteiger partial charge in [-0.3, -0.25) is 4.99 Å². The summed E-state index contributed by atoms with van der Waals surface area (Å²) in [6.07, 6.45) is 6.90. The van der Waals surface area contributed by atoms with E-state index in [4.69, 9.17) is 31.8 Å². The van der Waals surface area contributed by atoms with E-state index in [0.29, 0.717) is 46.6 Å². The first-order chi connectivity index (χ1) is 17.0. The summed E-state index contributed by atoms with van der Waals surface area (Å²) < 4.78 is 13.3. The minimum absolute atomic E-state index is 0.456. The van der Waals surface area contributed by atoms with Crippen LogP contribution in [0.15, 0.2) is 71.8 Å². The highest BCUT2D eigenvalue weighted by Crippen LogP contribution is 2.36. The van der Waals surface area contributed by atoms with Crippen LogP contribution in [0.4, 0.5) is 17.1 Å². The van der Waals surface area contributed by atoms with Crippen LogP contribution < -0.4 is 20.5 Å². The van der Waals surface area contributed by atoms with Crippen molar-refractivity contribution in [3.8, 4) is 17.2 Å². The van der Waals surface area contributed by atoms with Crippen LogP contribution in [-0.2, 0) is 0 Å². The van der Waals surface area contributed by atoms with Gasteiger partial charge in [0, 0.05) is 36.5 Å². The first-order valence-electron chi connectivity index (χ1n) is 11.4. The maximum Gasteiger partial charge on any atom is 0.158 e. The van der Waals surface area contributed by atoms with Gasteiger partial charge in [-0.2, -0.15) is 5.10 Å². The number of aliphatic imine (C=N–C) groups is 1. The Hall–Kier alpha value is -4.04. The molecular weight excluding hydrogens is 464 g/mol. The smallest absolute Gasteiger partial charge is 0.158 e. The van der Waals surface area contributed by atoms with E-state index in [1.807, 2.05) is 37.4 Å². The van der Waals surface area contributed by atoms with Crippen molar-refractivity contribution < 1.29 is 9.47 Å². The predicted octanol–water partition coefficient (Wildman–Crippen LogP) is 6.39. The fourth-order valence-corrected chi connectivity index (χ4v) is 4.10. The van der Waals surface area contributed by atoms with Gasteiger partial charge in [-0.25, -0.2) is 9.50 Å². The second-order valence-corrected chi connectivity index (χ2v) is 8.45. The zero-order chi connectivity index (χ0) is 24.4. The van der Waals surface area contributed by atoms with Crippen LogP contribution in [-0.4, -0.2) is 26.9 Å². The quantitative estimate of drug-likeness (QED) is 0.305. The van der Waals surface area contributed by atoms with Gasteiger partial charge >= 0.3 is 0 Å². The van der Waals surface area contributed by atoms with Gasteiger partial charge in [-0.05, 0) is 49.2 Å². The number of nitrogens with one attached hydrogen (secondary N) is 1. The second-order valence-electron chi connectivity index (χ2n) is 8.05. The summed E-state index contributed by atoms with van der Waals surface area (Å²) >= 11 is 6.58. The van der Waals surface area contributed by atoms with Crippen LogP contribution in [0.25, 0.3) is 5.65 Å². The molecule has 3 N–H and O–H groups in total. The van der Waals surface area contributed by atoms with Crippen molar-refractivity contribution in [2.24, 2.45) is 4.99 Å². The molecule has 2 aromatic carbocycles. The number of nitrogens with zero attached hydrogens (tertiary/aromatic N) is 4. The first-order valence-corrected chi connectivity index (χ1v) is 11.8. The molecule has 1 aliphatic rings. The monoisotopic (exact) mass is 488 g/mol. The third-order valence-corrected chi connectivity index (χ3v) is 6.00. The Bertz CT molecular complexity index is 1460. The van der Waals surface area contributed by atoms with Crippen molar-refractivity contribution in [1.82, 2.24) is 14.6 Å². The minimum atomic E-state index is 0.456. The maximum absolute atomic E-state index is 6.58. The van der Waals surface area contributed by atoms with E-state index in [1.165, 1.54) is 11.9 Å². The largest absolute Gasteiger partial charge is 0.492 e. The van der Waals surface area contributed by atoms with Gasteiger partial charge < -0.3 is 20.5 Å². The Morgan fingerprint density at radius 2 is 2.03 bits per heavy atom. The van der Waals surface area contributed by atoms with Crippen LogP contribution in [0.2, 0.25) is 5.02 Å². The molecule has 0 spiro atoms. The van der Waals surface area contributed by atoms with Gasteiger partial charge in [0.15, 0.2) is 5.65 Å². The summed E-state index contributed by atoms with van der Waals surface area (Å²) in [5.41, 5.74) is 12.2. The predicted molar refractivity (Wildman–Crippen MR) is 139 cm³/mol. The average molecular weight is 489 g/mol. The van der Waals surface area contributed by atoms with Crippen molar-refractivity contribution in [1.29, 1.82) is 0 Å². The fourth-order valence-electron chi connectivity index (χ4n) is 3.89. The lowest BCUT2D eigenvalue weighted by Gasteiger charge is -2.14. The van der Waals surface area contributed by atoms with Gasteiger partial charge in [-0.1, -0.05) is 18.5 Å². The van der Waals surface area contributed by atoms with E-state index in [9.17, 15) is 0 Å². The van der Waals surface area contributed by atoms with Crippen molar-refractivity contribution in [2.45, 2.75) is 26.7 Å². The SMILES string of the molecule is CCOc1cc2c(cc1N)C(=Nc1ccc(Oc3ccn4ncnc4c3)c(Cl)c1)CC(CC)=CN2. The zero-order valence-corrected chi connectivity index (χ0v) is 20.2. The van der Waals surface area contributed by atoms with Crippen LogP contribution in [0.3, 0.4) is 0 Å². The molecule has 8 nitrogen and oxygen atoms in total. The number of hydrogen-bond acceptors (Lipinski definition) is 7.